The molecule has 42 heavy (non-hydrogen) atoms. The van der Waals surface area contributed by atoms with Crippen molar-refractivity contribution in [1.29, 1.82) is 5.26 Å². The molecule has 1 saturated heterocycles. The van der Waals surface area contributed by atoms with Crippen LogP contribution in [0.3, 0.4) is 0 Å². The second kappa shape index (κ2) is 11.5. The van der Waals surface area contributed by atoms with Gasteiger partial charge in [0.15, 0.2) is 0 Å². The zero-order valence-corrected chi connectivity index (χ0v) is 24.8. The Kier molecular flexibility index (Phi) is 7.79. The third-order valence-corrected chi connectivity index (χ3v) is 11.3. The summed E-state index contributed by atoms with van der Waals surface area (Å²) < 4.78 is 32.7. The summed E-state index contributed by atoms with van der Waals surface area (Å²) in [6, 6.07) is 16.9. The van der Waals surface area contributed by atoms with Gasteiger partial charge in [-0.15, -0.1) is 0 Å². The highest BCUT2D eigenvalue weighted by molar-refractivity contribution is 7.93. The fraction of sp³-hybridized carbons (Fsp3) is 0.469. The molecule has 10 heteroatoms. The molecule has 8 nitrogen and oxygen atoms in total. The molecule has 2 aliphatic carbocycles. The van der Waals surface area contributed by atoms with Crippen LogP contribution in [0.1, 0.15) is 57.1 Å². The van der Waals surface area contributed by atoms with Crippen molar-refractivity contribution in [1.82, 2.24) is 15.1 Å². The van der Waals surface area contributed by atoms with Gasteiger partial charge in [-0.2, -0.15) is 10.4 Å². The van der Waals surface area contributed by atoms with Crippen molar-refractivity contribution in [3.8, 4) is 22.9 Å². The summed E-state index contributed by atoms with van der Waals surface area (Å²) in [6.07, 6.45) is 6.92. The second-order valence-electron chi connectivity index (χ2n) is 11.7. The Morgan fingerprint density at radius 2 is 1.76 bits per heavy atom. The third-order valence-electron chi connectivity index (χ3n) is 8.88. The lowest BCUT2D eigenvalue weighted by Crippen LogP contribution is -2.42. The number of nitrogens with zero attached hydrogens (tertiary/aromatic N) is 5. The first-order valence-electron chi connectivity index (χ1n) is 14.9. The number of carbonyl (C=O) groups is 1. The molecule has 1 N–H and O–H groups in total. The third kappa shape index (κ3) is 5.80. The van der Waals surface area contributed by atoms with Gasteiger partial charge >= 0.3 is 0 Å². The Bertz CT molecular complexity index is 1600. The maximum absolute atomic E-state index is 13.7. The lowest BCUT2D eigenvalue weighted by Gasteiger charge is -2.31. The van der Waals surface area contributed by atoms with Gasteiger partial charge in [0.05, 0.1) is 27.2 Å². The Labute approximate surface area is 247 Å². The van der Waals surface area contributed by atoms with E-state index < -0.39 is 15.3 Å². The Balaban J connectivity index is 1.32. The molecule has 6 rings (SSSR count). The predicted octanol–water partition coefficient (Wildman–Crippen LogP) is 5.43. The zero-order valence-electron chi connectivity index (χ0n) is 24.0. The van der Waals surface area contributed by atoms with Crippen molar-refractivity contribution >= 4 is 21.3 Å². The van der Waals surface area contributed by atoms with E-state index in [2.05, 4.69) is 44.9 Å². The standard InChI is InChI=1S/C32H37FN6O2S/c1-2-35-42(41)19-17-38(18-20-42)25-11-7-23(8-12-25)29-21-39(26-13-9-24(33)10-14-26)37-30(29)27-5-3-4-6-28(27)31(40)36-32(22-34)15-16-32/h7-14,21,27-28H,2-6,15-20H2,1H3,(H,36,40). The number of hydrogen-bond donors (Lipinski definition) is 1. The first-order chi connectivity index (χ1) is 20.3. The van der Waals surface area contributed by atoms with Crippen molar-refractivity contribution in [2.24, 2.45) is 10.3 Å². The number of halogens is 1. The number of carbonyl (C=O) groups excluding carboxylic acids is 1. The zero-order chi connectivity index (χ0) is 29.3. The van der Waals surface area contributed by atoms with Crippen LogP contribution in [0.5, 0.6) is 0 Å². The number of aromatic nitrogens is 2. The minimum atomic E-state index is -2.10. The van der Waals surface area contributed by atoms with E-state index in [0.717, 1.165) is 53.9 Å². The van der Waals surface area contributed by atoms with Gasteiger partial charge in [0.1, 0.15) is 11.4 Å². The van der Waals surface area contributed by atoms with Crippen molar-refractivity contribution in [3.63, 3.8) is 0 Å². The van der Waals surface area contributed by atoms with Gasteiger partial charge in [-0.05, 0) is 74.6 Å². The summed E-state index contributed by atoms with van der Waals surface area (Å²) >= 11 is 0. The summed E-state index contributed by atoms with van der Waals surface area (Å²) in [7, 11) is -2.10. The fourth-order valence-corrected chi connectivity index (χ4v) is 8.24. The summed E-state index contributed by atoms with van der Waals surface area (Å²) in [5, 5.41) is 17.6. The molecule has 1 amide bonds. The highest BCUT2D eigenvalue weighted by Gasteiger charge is 2.47. The molecule has 0 spiro atoms. The van der Waals surface area contributed by atoms with Gasteiger partial charge in [-0.25, -0.2) is 17.6 Å². The van der Waals surface area contributed by atoms with Crippen LogP contribution in [-0.2, 0) is 14.5 Å². The molecule has 2 heterocycles. The van der Waals surface area contributed by atoms with Crippen molar-refractivity contribution in [3.05, 3.63) is 66.2 Å². The number of amides is 1. The molecule has 0 radical (unpaired) electrons. The van der Waals surface area contributed by atoms with Crippen LogP contribution in [0.25, 0.3) is 16.8 Å². The van der Waals surface area contributed by atoms with Crippen LogP contribution < -0.4 is 10.2 Å². The molecule has 0 bridgehead atoms. The number of benzene rings is 2. The van der Waals surface area contributed by atoms with Gasteiger partial charge in [0.25, 0.3) is 0 Å². The van der Waals surface area contributed by atoms with E-state index in [1.54, 1.807) is 16.8 Å². The summed E-state index contributed by atoms with van der Waals surface area (Å²) in [5.41, 5.74) is 3.90. The molecular formula is C32H37FN6O2S. The Hall–Kier alpha value is -3.71. The van der Waals surface area contributed by atoms with Crippen molar-refractivity contribution < 1.29 is 13.4 Å². The summed E-state index contributed by atoms with van der Waals surface area (Å²) in [6.45, 7) is 3.93. The quantitative estimate of drug-likeness (QED) is 0.396. The lowest BCUT2D eigenvalue weighted by atomic mass is 9.75. The molecule has 3 fully saturated rings. The average Bonchev–Trinajstić information content (AvgIpc) is 3.64. The highest BCUT2D eigenvalue weighted by Crippen LogP contribution is 2.43. The van der Waals surface area contributed by atoms with E-state index in [1.165, 1.54) is 12.1 Å². The SMILES string of the molecule is CCN=S1(=O)CCN(c2ccc(-c3cn(-c4ccc(F)cc4)nc3C3CCCCC3C(=O)NC3(C#N)CC3)cc2)CC1. The first kappa shape index (κ1) is 28.4. The summed E-state index contributed by atoms with van der Waals surface area (Å²) in [5.74, 6) is 0.422. The average molecular weight is 589 g/mol. The molecular weight excluding hydrogens is 551 g/mol. The van der Waals surface area contributed by atoms with Crippen LogP contribution in [0, 0.1) is 23.1 Å². The summed E-state index contributed by atoms with van der Waals surface area (Å²) in [4.78, 5) is 15.7. The fourth-order valence-electron chi connectivity index (χ4n) is 6.29. The smallest absolute Gasteiger partial charge is 0.225 e. The van der Waals surface area contributed by atoms with Crippen LogP contribution in [-0.4, -0.2) is 56.6 Å². The number of rotatable bonds is 7. The molecule has 1 aliphatic heterocycles. The van der Waals surface area contributed by atoms with Gasteiger partial charge in [-0.1, -0.05) is 25.0 Å². The molecule has 2 atom stereocenters. The van der Waals surface area contributed by atoms with Crippen LogP contribution in [0.15, 0.2) is 59.1 Å². The van der Waals surface area contributed by atoms with Gasteiger partial charge in [0.2, 0.25) is 5.91 Å². The van der Waals surface area contributed by atoms with Crippen LogP contribution >= 0.6 is 0 Å². The van der Waals surface area contributed by atoms with Gasteiger partial charge < -0.3 is 10.2 Å². The topological polar surface area (TPSA) is 103 Å². The molecule has 220 valence electrons. The number of hydrogen-bond acceptors (Lipinski definition) is 6. The van der Waals surface area contributed by atoms with E-state index in [4.69, 9.17) is 5.10 Å². The van der Waals surface area contributed by atoms with E-state index in [0.29, 0.717) is 44.0 Å². The molecule has 3 aliphatic rings. The highest BCUT2D eigenvalue weighted by atomic mass is 32.2. The first-order valence-corrected chi connectivity index (χ1v) is 16.8. The van der Waals surface area contributed by atoms with E-state index >= 15 is 0 Å². The van der Waals surface area contributed by atoms with Gasteiger partial charge in [0, 0.05) is 60.4 Å². The minimum absolute atomic E-state index is 0.0622. The molecule has 1 aromatic heterocycles. The Morgan fingerprint density at radius 1 is 1.10 bits per heavy atom. The van der Waals surface area contributed by atoms with Gasteiger partial charge in [-0.3, -0.25) is 4.79 Å². The Morgan fingerprint density at radius 3 is 2.40 bits per heavy atom. The van der Waals surface area contributed by atoms with Crippen LogP contribution in [0.4, 0.5) is 10.1 Å². The number of anilines is 1. The monoisotopic (exact) mass is 588 g/mol. The number of nitriles is 1. The number of nitrogens with one attached hydrogen (secondary N) is 1. The maximum atomic E-state index is 13.7. The molecule has 2 saturated carbocycles. The minimum Gasteiger partial charge on any atom is -0.370 e. The van der Waals surface area contributed by atoms with E-state index in [1.807, 2.05) is 13.1 Å². The maximum Gasteiger partial charge on any atom is 0.225 e. The van der Waals surface area contributed by atoms with E-state index in [-0.39, 0.29) is 23.6 Å². The molecule has 2 unspecified atom stereocenters. The van der Waals surface area contributed by atoms with Crippen molar-refractivity contribution in [2.45, 2.75) is 56.9 Å². The normalized spacial score (nSPS) is 22.6. The van der Waals surface area contributed by atoms with Crippen LogP contribution in [0.2, 0.25) is 0 Å². The largest absolute Gasteiger partial charge is 0.370 e. The second-order valence-corrected chi connectivity index (χ2v) is 14.3. The lowest BCUT2D eigenvalue weighted by molar-refractivity contribution is -0.127. The predicted molar refractivity (Wildman–Crippen MR) is 162 cm³/mol. The molecule has 3 aromatic rings. The molecule has 2 aromatic carbocycles. The van der Waals surface area contributed by atoms with E-state index in [9.17, 15) is 18.7 Å². The van der Waals surface area contributed by atoms with Crippen molar-refractivity contribution in [2.75, 3.05) is 36.0 Å².